The molecule has 0 radical (unpaired) electrons. The van der Waals surface area contributed by atoms with Gasteiger partial charge in [-0.1, -0.05) is 48.0 Å². The van der Waals surface area contributed by atoms with Crippen LogP contribution >= 0.6 is 27.5 Å². The van der Waals surface area contributed by atoms with Crippen molar-refractivity contribution in [2.45, 2.75) is 51.2 Å². The molecular weight excluding hydrogens is 457 g/mol. The number of allylic oxidation sites excluding steroid dienone is 1. The van der Waals surface area contributed by atoms with Crippen molar-refractivity contribution in [3.8, 4) is 0 Å². The summed E-state index contributed by atoms with van der Waals surface area (Å²) in [7, 11) is 0. The number of carbonyl (C=O) groups excluding carboxylic acids is 1. The molecule has 154 valence electrons. The van der Waals surface area contributed by atoms with Gasteiger partial charge in [0.05, 0.1) is 16.2 Å². The maximum absolute atomic E-state index is 14.6. The van der Waals surface area contributed by atoms with Crippen LogP contribution in [0.3, 0.4) is 0 Å². The SMILES string of the molecule is C=CCC[C@@]1(c2ccccc2)Cc2c(cc(F)c(Cl)c2Br)N1C(=O)OC(C)(C)C. The van der Waals surface area contributed by atoms with Gasteiger partial charge in [-0.25, -0.2) is 9.18 Å². The van der Waals surface area contributed by atoms with Crippen LogP contribution in [0.25, 0.3) is 0 Å². The molecule has 6 heteroatoms. The summed E-state index contributed by atoms with van der Waals surface area (Å²) in [5.74, 6) is -0.585. The Bertz CT molecular complexity index is 942. The number of amides is 1. The maximum Gasteiger partial charge on any atom is 0.415 e. The van der Waals surface area contributed by atoms with Gasteiger partial charge in [0.15, 0.2) is 0 Å². The Morgan fingerprint density at radius 1 is 1.38 bits per heavy atom. The van der Waals surface area contributed by atoms with Crippen LogP contribution in [0.4, 0.5) is 14.9 Å². The standard InChI is InChI=1S/C23H24BrClFNO2/c1-5-6-12-23(15-10-8-7-9-11-15)14-16-18(13-17(26)20(25)19(16)24)27(23)21(28)29-22(2,3)4/h5,7-11,13H,1,6,12,14H2,2-4H3/t23-/m0/s1. The van der Waals surface area contributed by atoms with Crippen LogP contribution in [0, 0.1) is 5.82 Å². The zero-order chi connectivity index (χ0) is 21.4. The van der Waals surface area contributed by atoms with E-state index in [0.29, 0.717) is 29.4 Å². The molecule has 1 aliphatic heterocycles. The molecule has 0 aliphatic carbocycles. The van der Waals surface area contributed by atoms with Crippen LogP contribution in [0.15, 0.2) is 53.5 Å². The van der Waals surface area contributed by atoms with Crippen molar-refractivity contribution >= 4 is 39.3 Å². The number of rotatable bonds is 4. The summed E-state index contributed by atoms with van der Waals surface area (Å²) in [5.41, 5.74) is 0.784. The molecule has 0 unspecified atom stereocenters. The molecule has 3 nitrogen and oxygen atoms in total. The molecule has 2 aromatic rings. The van der Waals surface area contributed by atoms with Gasteiger partial charge in [-0.3, -0.25) is 4.90 Å². The van der Waals surface area contributed by atoms with Crippen molar-refractivity contribution in [3.05, 3.63) is 75.5 Å². The molecule has 3 rings (SSSR count). The first-order valence-electron chi connectivity index (χ1n) is 9.47. The van der Waals surface area contributed by atoms with Crippen molar-refractivity contribution in [2.75, 3.05) is 4.90 Å². The average molecular weight is 481 g/mol. The van der Waals surface area contributed by atoms with Crippen molar-refractivity contribution in [3.63, 3.8) is 0 Å². The van der Waals surface area contributed by atoms with Gasteiger partial charge in [-0.2, -0.15) is 0 Å². The number of carbonyl (C=O) groups is 1. The molecule has 2 aromatic carbocycles. The quantitative estimate of drug-likeness (QED) is 0.337. The third-order valence-corrected chi connectivity index (χ3v) is 6.50. The summed E-state index contributed by atoms with van der Waals surface area (Å²) in [6.45, 7) is 9.29. The van der Waals surface area contributed by atoms with Gasteiger partial charge in [0, 0.05) is 10.9 Å². The topological polar surface area (TPSA) is 29.5 Å². The Morgan fingerprint density at radius 3 is 2.62 bits per heavy atom. The zero-order valence-electron chi connectivity index (χ0n) is 16.8. The second-order valence-corrected chi connectivity index (χ2v) is 9.37. The molecule has 1 atom stereocenters. The molecule has 1 amide bonds. The minimum absolute atomic E-state index is 0.0143. The van der Waals surface area contributed by atoms with Crippen LogP contribution in [0.5, 0.6) is 0 Å². The maximum atomic E-state index is 14.6. The van der Waals surface area contributed by atoms with Gasteiger partial charge < -0.3 is 4.74 Å². The molecule has 0 spiro atoms. The highest BCUT2D eigenvalue weighted by Crippen LogP contribution is 2.52. The Balaban J connectivity index is 2.26. The van der Waals surface area contributed by atoms with Crippen LogP contribution in [0.1, 0.15) is 44.7 Å². The second-order valence-electron chi connectivity index (χ2n) is 8.20. The third kappa shape index (κ3) is 4.08. The lowest BCUT2D eigenvalue weighted by Gasteiger charge is -2.40. The van der Waals surface area contributed by atoms with Gasteiger partial charge >= 0.3 is 6.09 Å². The normalized spacial score (nSPS) is 18.5. The molecule has 1 aliphatic rings. The molecule has 0 N–H and O–H groups in total. The van der Waals surface area contributed by atoms with E-state index in [1.165, 1.54) is 6.07 Å². The van der Waals surface area contributed by atoms with E-state index in [4.69, 9.17) is 16.3 Å². The van der Waals surface area contributed by atoms with Crippen molar-refractivity contribution in [1.82, 2.24) is 0 Å². The van der Waals surface area contributed by atoms with Crippen molar-refractivity contribution < 1.29 is 13.9 Å². The summed E-state index contributed by atoms with van der Waals surface area (Å²) in [5, 5.41) is 0.0143. The molecule has 1 heterocycles. The lowest BCUT2D eigenvalue weighted by atomic mass is 9.82. The van der Waals surface area contributed by atoms with Crippen LogP contribution in [-0.4, -0.2) is 11.7 Å². The Labute approximate surface area is 184 Å². The fraction of sp³-hybridized carbons (Fsp3) is 0.348. The van der Waals surface area contributed by atoms with E-state index >= 15 is 0 Å². The van der Waals surface area contributed by atoms with Gasteiger partial charge in [0.1, 0.15) is 11.4 Å². The Kier molecular flexibility index (Phi) is 6.11. The van der Waals surface area contributed by atoms with E-state index in [-0.39, 0.29) is 5.02 Å². The smallest absolute Gasteiger partial charge is 0.415 e. The molecule has 0 aromatic heterocycles. The van der Waals surface area contributed by atoms with Crippen LogP contribution in [0.2, 0.25) is 5.02 Å². The largest absolute Gasteiger partial charge is 0.443 e. The first-order valence-corrected chi connectivity index (χ1v) is 10.6. The summed E-state index contributed by atoms with van der Waals surface area (Å²) in [6, 6.07) is 11.1. The summed E-state index contributed by atoms with van der Waals surface area (Å²) in [6.07, 6.45) is 3.08. The number of anilines is 1. The van der Waals surface area contributed by atoms with Gasteiger partial charge in [0.2, 0.25) is 0 Å². The fourth-order valence-electron chi connectivity index (χ4n) is 3.84. The first-order chi connectivity index (χ1) is 13.6. The molecule has 0 saturated carbocycles. The molecular formula is C23H24BrClFNO2. The number of hydrogen-bond acceptors (Lipinski definition) is 2. The highest BCUT2D eigenvalue weighted by Gasteiger charge is 2.50. The highest BCUT2D eigenvalue weighted by molar-refractivity contribution is 9.10. The lowest BCUT2D eigenvalue weighted by molar-refractivity contribution is 0.0536. The number of nitrogens with zero attached hydrogens (tertiary/aromatic N) is 1. The predicted octanol–water partition coefficient (Wildman–Crippen LogP) is 7.40. The predicted molar refractivity (Wildman–Crippen MR) is 119 cm³/mol. The number of benzene rings is 2. The Hall–Kier alpha value is -1.85. The lowest BCUT2D eigenvalue weighted by Crippen LogP contribution is -2.49. The monoisotopic (exact) mass is 479 g/mol. The first kappa shape index (κ1) is 21.8. The third-order valence-electron chi connectivity index (χ3n) is 5.03. The number of ether oxygens (including phenoxy) is 1. The van der Waals surface area contributed by atoms with E-state index in [2.05, 4.69) is 22.5 Å². The van der Waals surface area contributed by atoms with Crippen molar-refractivity contribution in [1.29, 1.82) is 0 Å². The van der Waals surface area contributed by atoms with Gasteiger partial charge in [0.25, 0.3) is 0 Å². The fourth-order valence-corrected chi connectivity index (χ4v) is 4.54. The van der Waals surface area contributed by atoms with E-state index in [9.17, 15) is 9.18 Å². The molecule has 0 bridgehead atoms. The molecule has 29 heavy (non-hydrogen) atoms. The number of fused-ring (bicyclic) bond motifs is 1. The second kappa shape index (κ2) is 8.11. The zero-order valence-corrected chi connectivity index (χ0v) is 19.1. The number of halogens is 3. The van der Waals surface area contributed by atoms with E-state index in [1.54, 1.807) is 4.90 Å². The van der Waals surface area contributed by atoms with Crippen LogP contribution < -0.4 is 4.90 Å². The Morgan fingerprint density at radius 2 is 2.03 bits per heavy atom. The minimum atomic E-state index is -0.736. The minimum Gasteiger partial charge on any atom is -0.443 e. The van der Waals surface area contributed by atoms with Gasteiger partial charge in [-0.05, 0) is 66.7 Å². The van der Waals surface area contributed by atoms with Crippen molar-refractivity contribution in [2.24, 2.45) is 0 Å². The molecule has 0 saturated heterocycles. The van der Waals surface area contributed by atoms with E-state index in [0.717, 1.165) is 11.1 Å². The van der Waals surface area contributed by atoms with Crippen LogP contribution in [-0.2, 0) is 16.7 Å². The highest BCUT2D eigenvalue weighted by atomic mass is 79.9. The summed E-state index contributed by atoms with van der Waals surface area (Å²) in [4.78, 5) is 15.0. The van der Waals surface area contributed by atoms with E-state index in [1.807, 2.05) is 57.2 Å². The summed E-state index contributed by atoms with van der Waals surface area (Å²) < 4.78 is 20.8. The average Bonchev–Trinajstić information content (AvgIpc) is 2.99. The van der Waals surface area contributed by atoms with E-state index < -0.39 is 23.1 Å². The molecule has 0 fully saturated rings. The number of hydrogen-bond donors (Lipinski definition) is 0. The summed E-state index contributed by atoms with van der Waals surface area (Å²) >= 11 is 9.61. The van der Waals surface area contributed by atoms with Gasteiger partial charge in [-0.15, -0.1) is 6.58 Å².